The third kappa shape index (κ3) is 4.94. The van der Waals surface area contributed by atoms with Crippen molar-refractivity contribution in [3.63, 3.8) is 0 Å². The molecule has 0 atom stereocenters. The van der Waals surface area contributed by atoms with Crippen molar-refractivity contribution >= 4 is 17.7 Å². The minimum Gasteiger partial charge on any atom is -0.465 e. The smallest absolute Gasteiger partial charge is 0.407 e. The van der Waals surface area contributed by atoms with Gasteiger partial charge in [-0.1, -0.05) is 87.9 Å². The molecule has 3 aliphatic carbocycles. The Labute approximate surface area is 202 Å². The zero-order valence-corrected chi connectivity index (χ0v) is 20.1. The van der Waals surface area contributed by atoms with E-state index in [-0.39, 0.29) is 11.6 Å². The number of carbonyl (C=O) groups excluding carboxylic acids is 2. The number of aryl methyl sites for hydroxylation is 1. The zero-order chi connectivity index (χ0) is 24.1. The molecule has 2 aromatic carbocycles. The average molecular weight is 462 g/mol. The fourth-order valence-electron chi connectivity index (χ4n) is 5.84. The van der Waals surface area contributed by atoms with Gasteiger partial charge in [0.2, 0.25) is 0 Å². The lowest BCUT2D eigenvalue weighted by Gasteiger charge is -2.39. The van der Waals surface area contributed by atoms with Crippen molar-refractivity contribution in [1.29, 1.82) is 0 Å². The summed E-state index contributed by atoms with van der Waals surface area (Å²) in [6, 6.07) is 13.2. The van der Waals surface area contributed by atoms with Gasteiger partial charge in [0.15, 0.2) is 11.6 Å². The molecule has 2 saturated carbocycles. The third-order valence-electron chi connectivity index (χ3n) is 7.58. The first-order chi connectivity index (χ1) is 16.5. The second-order valence-electron chi connectivity index (χ2n) is 9.67. The van der Waals surface area contributed by atoms with E-state index >= 15 is 0 Å². The summed E-state index contributed by atoms with van der Waals surface area (Å²) in [6.07, 6.45) is 11.8. The van der Waals surface area contributed by atoms with E-state index in [2.05, 4.69) is 0 Å². The van der Waals surface area contributed by atoms with E-state index in [0.29, 0.717) is 34.3 Å². The van der Waals surface area contributed by atoms with Crippen molar-refractivity contribution in [2.75, 3.05) is 0 Å². The quantitative estimate of drug-likeness (QED) is 0.473. The maximum atomic E-state index is 12.5. The molecule has 0 saturated heterocycles. The molecule has 0 radical (unpaired) electrons. The van der Waals surface area contributed by atoms with Gasteiger partial charge in [-0.3, -0.25) is 9.59 Å². The average Bonchev–Trinajstić information content (AvgIpc) is 2.88. The SMILES string of the molecule is CCc1cccc2c1C(=O)c1ccccc1C2=O.O=C(O)N(C1CCCCC1)C1CCCCC1. The molecule has 2 fully saturated rings. The monoisotopic (exact) mass is 461 g/mol. The summed E-state index contributed by atoms with van der Waals surface area (Å²) in [5.74, 6) is -0.0758. The first-order valence-electron chi connectivity index (χ1n) is 12.8. The number of ketones is 2. The summed E-state index contributed by atoms with van der Waals surface area (Å²) in [7, 11) is 0. The molecule has 5 heteroatoms. The molecule has 0 heterocycles. The van der Waals surface area contributed by atoms with Crippen LogP contribution in [-0.2, 0) is 6.42 Å². The Hall–Kier alpha value is -2.95. The summed E-state index contributed by atoms with van der Waals surface area (Å²) in [6.45, 7) is 1.99. The van der Waals surface area contributed by atoms with Crippen LogP contribution in [0.1, 0.15) is 109 Å². The fourth-order valence-corrected chi connectivity index (χ4v) is 5.84. The number of carbonyl (C=O) groups is 3. The lowest BCUT2D eigenvalue weighted by Crippen LogP contribution is -2.48. The van der Waals surface area contributed by atoms with Crippen molar-refractivity contribution in [2.45, 2.75) is 89.6 Å². The van der Waals surface area contributed by atoms with Gasteiger partial charge in [-0.05, 0) is 37.7 Å². The molecular weight excluding hydrogens is 426 g/mol. The third-order valence-corrected chi connectivity index (χ3v) is 7.58. The number of benzene rings is 2. The Morgan fingerprint density at radius 1 is 0.765 bits per heavy atom. The summed E-state index contributed by atoms with van der Waals surface area (Å²) < 4.78 is 0. The Morgan fingerprint density at radius 3 is 1.76 bits per heavy atom. The molecule has 5 rings (SSSR count). The van der Waals surface area contributed by atoms with E-state index in [1.165, 1.54) is 38.5 Å². The van der Waals surface area contributed by atoms with Crippen LogP contribution in [0.5, 0.6) is 0 Å². The molecular formula is C29H35NO4. The Balaban J connectivity index is 0.000000162. The Bertz CT molecular complexity index is 1030. The number of nitrogens with zero attached hydrogens (tertiary/aromatic N) is 1. The minimum atomic E-state index is -0.682. The number of rotatable bonds is 3. The lowest BCUT2D eigenvalue weighted by atomic mass is 9.81. The van der Waals surface area contributed by atoms with E-state index in [1.807, 2.05) is 19.1 Å². The highest BCUT2D eigenvalue weighted by atomic mass is 16.4. The predicted octanol–water partition coefficient (Wildman–Crippen LogP) is 6.66. The van der Waals surface area contributed by atoms with Crippen LogP contribution < -0.4 is 0 Å². The van der Waals surface area contributed by atoms with Crippen LogP contribution in [0.4, 0.5) is 4.79 Å². The van der Waals surface area contributed by atoms with Crippen LogP contribution in [0, 0.1) is 0 Å². The molecule has 1 amide bonds. The summed E-state index contributed by atoms with van der Waals surface area (Å²) in [5, 5.41) is 9.40. The van der Waals surface area contributed by atoms with Crippen LogP contribution in [0.15, 0.2) is 42.5 Å². The standard InChI is InChI=1S/C16H12O2.C13H23NO2/c1-2-10-6-5-9-13-14(10)16(18)12-8-4-3-7-11(12)15(13)17;15-13(16)14(11-7-3-1-4-8-11)12-9-5-2-6-10-12/h3-9H,2H2,1H3;11-12H,1-10H2,(H,15,16). The summed E-state index contributed by atoms with van der Waals surface area (Å²) in [4.78, 5) is 38.1. The van der Waals surface area contributed by atoms with Gasteiger partial charge < -0.3 is 10.0 Å². The molecule has 180 valence electrons. The van der Waals surface area contributed by atoms with E-state index < -0.39 is 6.09 Å². The van der Waals surface area contributed by atoms with Crippen LogP contribution >= 0.6 is 0 Å². The Morgan fingerprint density at radius 2 is 1.26 bits per heavy atom. The summed E-state index contributed by atoms with van der Waals surface area (Å²) >= 11 is 0. The van der Waals surface area contributed by atoms with Gasteiger partial charge >= 0.3 is 6.09 Å². The topological polar surface area (TPSA) is 74.7 Å². The second kappa shape index (κ2) is 11.0. The maximum absolute atomic E-state index is 12.5. The molecule has 5 nitrogen and oxygen atoms in total. The minimum absolute atomic E-state index is 0.0300. The first-order valence-corrected chi connectivity index (χ1v) is 12.8. The van der Waals surface area contributed by atoms with Gasteiger partial charge in [-0.2, -0.15) is 0 Å². The van der Waals surface area contributed by atoms with Crippen LogP contribution in [0.25, 0.3) is 0 Å². The van der Waals surface area contributed by atoms with E-state index in [1.54, 1.807) is 35.2 Å². The predicted molar refractivity (Wildman–Crippen MR) is 133 cm³/mol. The van der Waals surface area contributed by atoms with E-state index in [9.17, 15) is 19.5 Å². The van der Waals surface area contributed by atoms with Gasteiger partial charge in [0.05, 0.1) is 0 Å². The van der Waals surface area contributed by atoms with Crippen LogP contribution in [-0.4, -0.2) is 39.7 Å². The van der Waals surface area contributed by atoms with Gasteiger partial charge in [-0.25, -0.2) is 4.79 Å². The zero-order valence-electron chi connectivity index (χ0n) is 20.1. The summed E-state index contributed by atoms with van der Waals surface area (Å²) in [5.41, 5.74) is 3.11. The highest BCUT2D eigenvalue weighted by Crippen LogP contribution is 2.31. The van der Waals surface area contributed by atoms with Gasteiger partial charge in [0.25, 0.3) is 0 Å². The highest BCUT2D eigenvalue weighted by Gasteiger charge is 2.32. The molecule has 2 aromatic rings. The van der Waals surface area contributed by atoms with Gasteiger partial charge in [0.1, 0.15) is 0 Å². The number of amides is 1. The van der Waals surface area contributed by atoms with Crippen LogP contribution in [0.2, 0.25) is 0 Å². The van der Waals surface area contributed by atoms with Crippen molar-refractivity contribution in [1.82, 2.24) is 4.90 Å². The fraction of sp³-hybridized carbons (Fsp3) is 0.483. The van der Waals surface area contributed by atoms with Gasteiger partial charge in [0, 0.05) is 34.3 Å². The van der Waals surface area contributed by atoms with Crippen molar-refractivity contribution in [3.05, 3.63) is 70.3 Å². The molecule has 3 aliphatic rings. The molecule has 0 unspecified atom stereocenters. The normalized spacial score (nSPS) is 18.4. The van der Waals surface area contributed by atoms with Gasteiger partial charge in [-0.15, -0.1) is 0 Å². The molecule has 0 aliphatic heterocycles. The van der Waals surface area contributed by atoms with E-state index in [4.69, 9.17) is 0 Å². The lowest BCUT2D eigenvalue weighted by molar-refractivity contribution is 0.0705. The molecule has 0 aromatic heterocycles. The maximum Gasteiger partial charge on any atom is 0.407 e. The molecule has 34 heavy (non-hydrogen) atoms. The Kier molecular flexibility index (Phi) is 7.81. The number of fused-ring (bicyclic) bond motifs is 2. The number of carboxylic acid groups (broad SMARTS) is 1. The first kappa shape index (κ1) is 24.2. The van der Waals surface area contributed by atoms with Crippen LogP contribution in [0.3, 0.4) is 0 Å². The van der Waals surface area contributed by atoms with Crippen molar-refractivity contribution in [3.8, 4) is 0 Å². The highest BCUT2D eigenvalue weighted by molar-refractivity contribution is 6.28. The molecule has 0 bridgehead atoms. The number of hydrogen-bond acceptors (Lipinski definition) is 3. The molecule has 1 N–H and O–H groups in total. The second-order valence-corrected chi connectivity index (χ2v) is 9.67. The largest absolute Gasteiger partial charge is 0.465 e. The van der Waals surface area contributed by atoms with E-state index in [0.717, 1.165) is 37.7 Å². The van der Waals surface area contributed by atoms with Crippen molar-refractivity contribution in [2.24, 2.45) is 0 Å². The van der Waals surface area contributed by atoms with Crippen molar-refractivity contribution < 1.29 is 19.5 Å². The molecule has 0 spiro atoms. The number of hydrogen-bond donors (Lipinski definition) is 1.